The number of carbonyl (C=O) groups is 1. The molecule has 0 unspecified atom stereocenters. The molecule has 0 saturated heterocycles. The molecule has 0 amide bonds. The molecule has 0 atom stereocenters. The minimum absolute atomic E-state index is 0.0254. The number of carboxylic acids is 1. The molecule has 2 aromatic carbocycles. The summed E-state index contributed by atoms with van der Waals surface area (Å²) in [4.78, 5) is 20.8. The van der Waals surface area contributed by atoms with Crippen LogP contribution >= 0.6 is 0 Å². The molecule has 2 aromatic rings. The SMILES string of the molecule is O=C(O)c1ccc(F)c(NCc2ccc([N+](=O)[O-])cc2)c1. The molecule has 0 fully saturated rings. The van der Waals surface area contributed by atoms with Gasteiger partial charge in [0.25, 0.3) is 5.69 Å². The van der Waals surface area contributed by atoms with Gasteiger partial charge in [0.15, 0.2) is 0 Å². The average molecular weight is 290 g/mol. The van der Waals surface area contributed by atoms with Crippen LogP contribution in [0.5, 0.6) is 0 Å². The normalized spacial score (nSPS) is 10.1. The maximum atomic E-state index is 13.6. The van der Waals surface area contributed by atoms with Gasteiger partial charge < -0.3 is 10.4 Å². The van der Waals surface area contributed by atoms with Gasteiger partial charge in [0.05, 0.1) is 16.2 Å². The number of halogens is 1. The maximum Gasteiger partial charge on any atom is 0.335 e. The summed E-state index contributed by atoms with van der Waals surface area (Å²) in [5.41, 5.74) is 0.717. The smallest absolute Gasteiger partial charge is 0.335 e. The van der Waals surface area contributed by atoms with Crippen molar-refractivity contribution < 1.29 is 19.2 Å². The quantitative estimate of drug-likeness (QED) is 0.652. The van der Waals surface area contributed by atoms with E-state index in [0.717, 1.165) is 6.07 Å². The third-order valence-corrected chi connectivity index (χ3v) is 2.84. The van der Waals surface area contributed by atoms with Crippen molar-refractivity contribution in [1.82, 2.24) is 0 Å². The summed E-state index contributed by atoms with van der Waals surface area (Å²) >= 11 is 0. The first-order valence-electron chi connectivity index (χ1n) is 5.97. The molecule has 0 aliphatic carbocycles. The summed E-state index contributed by atoms with van der Waals surface area (Å²) in [6, 6.07) is 9.23. The van der Waals surface area contributed by atoms with Crippen LogP contribution in [0.2, 0.25) is 0 Å². The Hall–Kier alpha value is -2.96. The molecule has 0 aromatic heterocycles. The molecule has 0 saturated carbocycles. The Balaban J connectivity index is 2.10. The molecule has 0 radical (unpaired) electrons. The highest BCUT2D eigenvalue weighted by atomic mass is 19.1. The van der Waals surface area contributed by atoms with Gasteiger partial charge in [-0.25, -0.2) is 9.18 Å². The molecule has 2 rings (SSSR count). The fourth-order valence-electron chi connectivity index (χ4n) is 1.73. The van der Waals surface area contributed by atoms with Crippen LogP contribution in [0.1, 0.15) is 15.9 Å². The Labute approximate surface area is 119 Å². The lowest BCUT2D eigenvalue weighted by atomic mass is 10.1. The zero-order valence-corrected chi connectivity index (χ0v) is 10.7. The first kappa shape index (κ1) is 14.4. The number of non-ortho nitro benzene ring substituents is 1. The van der Waals surface area contributed by atoms with E-state index in [2.05, 4.69) is 5.32 Å². The maximum absolute atomic E-state index is 13.6. The second-order valence-electron chi connectivity index (χ2n) is 4.28. The van der Waals surface area contributed by atoms with E-state index in [9.17, 15) is 19.3 Å². The van der Waals surface area contributed by atoms with Gasteiger partial charge in [-0.1, -0.05) is 12.1 Å². The minimum atomic E-state index is -1.15. The van der Waals surface area contributed by atoms with E-state index >= 15 is 0 Å². The first-order valence-corrected chi connectivity index (χ1v) is 5.97. The molecule has 6 nitrogen and oxygen atoms in total. The Morgan fingerprint density at radius 3 is 2.48 bits per heavy atom. The topological polar surface area (TPSA) is 92.5 Å². The average Bonchev–Trinajstić information content (AvgIpc) is 2.46. The molecule has 7 heteroatoms. The monoisotopic (exact) mass is 290 g/mol. The molecular weight excluding hydrogens is 279 g/mol. The van der Waals surface area contributed by atoms with Crippen LogP contribution in [-0.2, 0) is 6.54 Å². The Kier molecular flexibility index (Phi) is 4.13. The number of nitro benzene ring substituents is 1. The van der Waals surface area contributed by atoms with Crippen LogP contribution < -0.4 is 5.32 Å². The number of nitrogens with one attached hydrogen (secondary N) is 1. The molecule has 21 heavy (non-hydrogen) atoms. The lowest BCUT2D eigenvalue weighted by Gasteiger charge is -2.08. The molecule has 0 aliphatic rings. The fraction of sp³-hybridized carbons (Fsp3) is 0.0714. The van der Waals surface area contributed by atoms with Gasteiger partial charge in [0.2, 0.25) is 0 Å². The van der Waals surface area contributed by atoms with Crippen LogP contribution in [0.4, 0.5) is 15.8 Å². The largest absolute Gasteiger partial charge is 0.478 e. The van der Waals surface area contributed by atoms with Crippen LogP contribution in [0.15, 0.2) is 42.5 Å². The standard InChI is InChI=1S/C14H11FN2O4/c15-12-6-3-10(14(18)19)7-13(12)16-8-9-1-4-11(5-2-9)17(20)21/h1-7,16H,8H2,(H,18,19). The van der Waals surface area contributed by atoms with E-state index in [1.807, 2.05) is 0 Å². The van der Waals surface area contributed by atoms with E-state index in [1.165, 1.54) is 24.3 Å². The highest BCUT2D eigenvalue weighted by molar-refractivity contribution is 5.88. The van der Waals surface area contributed by atoms with E-state index in [0.29, 0.717) is 5.56 Å². The number of rotatable bonds is 5. The Bertz CT molecular complexity index is 686. The van der Waals surface area contributed by atoms with Crippen molar-refractivity contribution in [3.05, 3.63) is 69.5 Å². The summed E-state index contributed by atoms with van der Waals surface area (Å²) in [6.07, 6.45) is 0. The van der Waals surface area contributed by atoms with E-state index in [4.69, 9.17) is 5.11 Å². The predicted octanol–water partition coefficient (Wildman–Crippen LogP) is 3.04. The van der Waals surface area contributed by atoms with Crippen molar-refractivity contribution in [3.63, 3.8) is 0 Å². The summed E-state index contributed by atoms with van der Waals surface area (Å²) in [7, 11) is 0. The predicted molar refractivity (Wildman–Crippen MR) is 73.8 cm³/mol. The number of nitrogens with zero attached hydrogens (tertiary/aromatic N) is 1. The molecule has 0 spiro atoms. The molecule has 0 bridgehead atoms. The second-order valence-corrected chi connectivity index (χ2v) is 4.28. The van der Waals surface area contributed by atoms with Crippen LogP contribution in [0.3, 0.4) is 0 Å². The third-order valence-electron chi connectivity index (χ3n) is 2.84. The lowest BCUT2D eigenvalue weighted by molar-refractivity contribution is -0.384. The number of anilines is 1. The van der Waals surface area contributed by atoms with Crippen LogP contribution in [0, 0.1) is 15.9 Å². The van der Waals surface area contributed by atoms with Crippen LogP contribution in [0.25, 0.3) is 0 Å². The fourth-order valence-corrected chi connectivity index (χ4v) is 1.73. The van der Waals surface area contributed by atoms with Gasteiger partial charge in [0.1, 0.15) is 5.82 Å². The minimum Gasteiger partial charge on any atom is -0.478 e. The van der Waals surface area contributed by atoms with Crippen molar-refractivity contribution in [1.29, 1.82) is 0 Å². The number of nitro groups is 1. The first-order chi connectivity index (χ1) is 9.97. The van der Waals surface area contributed by atoms with Gasteiger partial charge in [-0.3, -0.25) is 10.1 Å². The summed E-state index contributed by atoms with van der Waals surface area (Å²) < 4.78 is 13.6. The highest BCUT2D eigenvalue weighted by Gasteiger charge is 2.09. The van der Waals surface area contributed by atoms with Gasteiger partial charge >= 0.3 is 5.97 Å². The van der Waals surface area contributed by atoms with Crippen LogP contribution in [-0.4, -0.2) is 16.0 Å². The van der Waals surface area contributed by atoms with Crippen molar-refractivity contribution in [2.24, 2.45) is 0 Å². The van der Waals surface area contributed by atoms with Crippen molar-refractivity contribution >= 4 is 17.3 Å². The van der Waals surface area contributed by atoms with E-state index < -0.39 is 16.7 Å². The zero-order chi connectivity index (χ0) is 15.4. The second kappa shape index (κ2) is 6.00. The summed E-state index contributed by atoms with van der Waals surface area (Å²) in [6.45, 7) is 0.220. The number of benzene rings is 2. The molecule has 0 aliphatic heterocycles. The Morgan fingerprint density at radius 2 is 1.90 bits per heavy atom. The number of carboxylic acid groups (broad SMARTS) is 1. The van der Waals surface area contributed by atoms with E-state index in [-0.39, 0.29) is 23.5 Å². The van der Waals surface area contributed by atoms with Crippen molar-refractivity contribution in [2.45, 2.75) is 6.54 Å². The zero-order valence-electron chi connectivity index (χ0n) is 10.7. The molecule has 2 N–H and O–H groups in total. The van der Waals surface area contributed by atoms with Gasteiger partial charge in [0, 0.05) is 18.7 Å². The summed E-state index contributed by atoms with van der Waals surface area (Å²) in [5, 5.41) is 22.1. The number of aromatic carboxylic acids is 1. The number of hydrogen-bond acceptors (Lipinski definition) is 4. The van der Waals surface area contributed by atoms with Gasteiger partial charge in [-0.2, -0.15) is 0 Å². The molecule has 108 valence electrons. The summed E-state index contributed by atoms with van der Waals surface area (Å²) in [5.74, 6) is -1.71. The highest BCUT2D eigenvalue weighted by Crippen LogP contribution is 2.18. The van der Waals surface area contributed by atoms with Crippen molar-refractivity contribution in [3.8, 4) is 0 Å². The molecule has 0 heterocycles. The lowest BCUT2D eigenvalue weighted by Crippen LogP contribution is -2.04. The third kappa shape index (κ3) is 3.53. The Morgan fingerprint density at radius 1 is 1.24 bits per heavy atom. The molecular formula is C14H11FN2O4. The number of hydrogen-bond donors (Lipinski definition) is 2. The van der Waals surface area contributed by atoms with Gasteiger partial charge in [-0.05, 0) is 23.8 Å². The van der Waals surface area contributed by atoms with E-state index in [1.54, 1.807) is 12.1 Å². The van der Waals surface area contributed by atoms with Gasteiger partial charge in [-0.15, -0.1) is 0 Å². The van der Waals surface area contributed by atoms with Crippen molar-refractivity contribution in [2.75, 3.05) is 5.32 Å².